The number of ketones is 1. The van der Waals surface area contributed by atoms with Gasteiger partial charge in [0.25, 0.3) is 11.8 Å². The highest BCUT2D eigenvalue weighted by Crippen LogP contribution is 2.31. The Morgan fingerprint density at radius 3 is 2.34 bits per heavy atom. The minimum atomic E-state index is -0.756. The summed E-state index contributed by atoms with van der Waals surface area (Å²) in [6.45, 7) is 2.25. The molecule has 2 saturated heterocycles. The number of pyridine rings is 1. The van der Waals surface area contributed by atoms with E-state index in [1.807, 2.05) is 49.4 Å². The van der Waals surface area contributed by atoms with Crippen molar-refractivity contribution < 1.29 is 19.2 Å². The second kappa shape index (κ2) is 11.0. The molecule has 8 nitrogen and oxygen atoms in total. The monoisotopic (exact) mass is 510 g/mol. The third-order valence-electron chi connectivity index (χ3n) is 7.29. The topological polar surface area (TPSA) is 99.7 Å². The maximum atomic E-state index is 13.6. The molecule has 194 valence electrons. The van der Waals surface area contributed by atoms with Crippen LogP contribution < -0.4 is 5.32 Å². The van der Waals surface area contributed by atoms with E-state index in [4.69, 9.17) is 0 Å². The van der Waals surface area contributed by atoms with Crippen LogP contribution in [0.15, 0.2) is 79.0 Å². The second-order valence-electron chi connectivity index (χ2n) is 9.70. The molecule has 3 atom stereocenters. The highest BCUT2D eigenvalue weighted by atomic mass is 16.2. The second-order valence-corrected chi connectivity index (χ2v) is 9.70. The van der Waals surface area contributed by atoms with E-state index >= 15 is 0 Å². The van der Waals surface area contributed by atoms with Crippen molar-refractivity contribution in [1.82, 2.24) is 20.1 Å². The minimum absolute atomic E-state index is 0.0485. The number of aromatic nitrogens is 1. The molecule has 1 aromatic heterocycles. The third-order valence-corrected chi connectivity index (χ3v) is 7.29. The fourth-order valence-electron chi connectivity index (χ4n) is 5.41. The van der Waals surface area contributed by atoms with Gasteiger partial charge in [-0.2, -0.15) is 0 Å². The van der Waals surface area contributed by atoms with E-state index in [1.165, 1.54) is 4.90 Å². The van der Waals surface area contributed by atoms with Crippen LogP contribution in [0.3, 0.4) is 0 Å². The molecular formula is C30H30N4O4. The summed E-state index contributed by atoms with van der Waals surface area (Å²) in [7, 11) is 0. The number of amides is 3. The number of nitrogens with one attached hydrogen (secondary N) is 1. The van der Waals surface area contributed by atoms with Crippen LogP contribution in [0, 0.1) is 0 Å². The predicted octanol–water partition coefficient (Wildman–Crippen LogP) is 3.34. The van der Waals surface area contributed by atoms with E-state index in [9.17, 15) is 19.2 Å². The molecule has 38 heavy (non-hydrogen) atoms. The number of likely N-dealkylation sites (tertiary alicyclic amines) is 2. The summed E-state index contributed by atoms with van der Waals surface area (Å²) in [5.74, 6) is -1.09. The summed E-state index contributed by atoms with van der Waals surface area (Å²) in [5.41, 5.74) is 2.79. The van der Waals surface area contributed by atoms with Crippen LogP contribution in [0.5, 0.6) is 0 Å². The van der Waals surface area contributed by atoms with Crippen LogP contribution in [0.4, 0.5) is 0 Å². The maximum Gasteiger partial charge on any atom is 0.273 e. The number of benzene rings is 2. The molecular weight excluding hydrogens is 480 g/mol. The summed E-state index contributed by atoms with van der Waals surface area (Å²) in [6, 6.07) is 20.4. The number of rotatable bonds is 7. The smallest absolute Gasteiger partial charge is 0.273 e. The number of hydrogen-bond donors (Lipinski definition) is 1. The van der Waals surface area contributed by atoms with Crippen molar-refractivity contribution in [2.24, 2.45) is 0 Å². The Hall–Kier alpha value is -4.33. The molecule has 5 rings (SSSR count). The van der Waals surface area contributed by atoms with Gasteiger partial charge in [-0.1, -0.05) is 61.9 Å². The van der Waals surface area contributed by atoms with E-state index < -0.39 is 12.1 Å². The number of Topliss-reactive ketones (excluding diaryl/α,β-unsaturated/α-hetero) is 1. The fraction of sp³-hybridized carbons (Fsp3) is 0.300. The summed E-state index contributed by atoms with van der Waals surface area (Å²) in [6.07, 6.45) is 3.18. The Bertz CT molecular complexity index is 1330. The molecule has 0 bridgehead atoms. The Morgan fingerprint density at radius 2 is 1.66 bits per heavy atom. The predicted molar refractivity (Wildman–Crippen MR) is 142 cm³/mol. The summed E-state index contributed by atoms with van der Waals surface area (Å²) in [5, 5.41) is 2.89. The number of carbonyl (C=O) groups is 4. The van der Waals surface area contributed by atoms with Crippen LogP contribution in [-0.2, 0) is 9.59 Å². The zero-order chi connectivity index (χ0) is 26.6. The van der Waals surface area contributed by atoms with Crippen molar-refractivity contribution >= 4 is 23.5 Å². The quantitative estimate of drug-likeness (QED) is 0.526. The van der Waals surface area contributed by atoms with Crippen LogP contribution in [0.1, 0.15) is 47.0 Å². The first-order valence-electron chi connectivity index (χ1n) is 13.0. The summed E-state index contributed by atoms with van der Waals surface area (Å²) in [4.78, 5) is 59.9. The maximum absolute atomic E-state index is 13.6. The number of hydrogen-bond acceptors (Lipinski definition) is 5. The lowest BCUT2D eigenvalue weighted by Gasteiger charge is -2.28. The lowest BCUT2D eigenvalue weighted by atomic mass is 10.0. The third kappa shape index (κ3) is 4.94. The number of fused-ring (bicyclic) bond motifs is 1. The number of nitrogens with zero attached hydrogens (tertiary/aromatic N) is 3. The zero-order valence-electron chi connectivity index (χ0n) is 21.2. The Kier molecular flexibility index (Phi) is 7.31. The molecule has 3 unspecified atom stereocenters. The Labute approximate surface area is 221 Å². The van der Waals surface area contributed by atoms with Gasteiger partial charge in [0.2, 0.25) is 5.91 Å². The minimum Gasteiger partial charge on any atom is -0.340 e. The largest absolute Gasteiger partial charge is 0.340 e. The summed E-state index contributed by atoms with van der Waals surface area (Å²) < 4.78 is 0. The van der Waals surface area contributed by atoms with Gasteiger partial charge in [0, 0.05) is 18.3 Å². The van der Waals surface area contributed by atoms with Crippen LogP contribution in [0.25, 0.3) is 11.1 Å². The molecule has 0 spiro atoms. The van der Waals surface area contributed by atoms with Crippen LogP contribution in [-0.4, -0.2) is 69.5 Å². The first-order valence-corrected chi connectivity index (χ1v) is 13.0. The molecule has 1 N–H and O–H groups in total. The Morgan fingerprint density at radius 1 is 0.947 bits per heavy atom. The lowest BCUT2D eigenvalue weighted by Crippen LogP contribution is -2.52. The van der Waals surface area contributed by atoms with Gasteiger partial charge >= 0.3 is 0 Å². The van der Waals surface area contributed by atoms with Gasteiger partial charge in [-0.25, -0.2) is 0 Å². The van der Waals surface area contributed by atoms with Gasteiger partial charge in [-0.05, 0) is 48.2 Å². The molecule has 0 saturated carbocycles. The standard InChI is InChI=1S/C30H30N4O4/c1-2-8-24(32-28(36)22-14-12-21(13-15-22)20-9-4-3-5-10-20)30(38)33-18-16-25-27(33)26(35)19-34(25)29(37)23-11-6-7-17-31-23/h3-7,9-15,17,24-25,27H,2,8,16,18-19H2,1H3,(H,32,36). The SMILES string of the molecule is CCCC(NC(=O)c1ccc(-c2ccccc2)cc1)C(=O)N1CCC2C1C(=O)CN2C(=O)c1ccccn1. The highest BCUT2D eigenvalue weighted by molar-refractivity contribution is 6.03. The van der Waals surface area contributed by atoms with E-state index in [0.717, 1.165) is 11.1 Å². The van der Waals surface area contributed by atoms with Crippen molar-refractivity contribution in [2.45, 2.75) is 44.3 Å². The highest BCUT2D eigenvalue weighted by Gasteiger charge is 2.52. The van der Waals surface area contributed by atoms with Gasteiger partial charge in [0.15, 0.2) is 5.78 Å². The lowest BCUT2D eigenvalue weighted by molar-refractivity contribution is -0.138. The van der Waals surface area contributed by atoms with E-state index in [2.05, 4.69) is 10.3 Å². The molecule has 3 amide bonds. The van der Waals surface area contributed by atoms with Gasteiger partial charge in [-0.3, -0.25) is 24.2 Å². The molecule has 3 heterocycles. The average molecular weight is 511 g/mol. The van der Waals surface area contributed by atoms with Crippen molar-refractivity contribution in [3.63, 3.8) is 0 Å². The van der Waals surface area contributed by atoms with Crippen molar-refractivity contribution in [3.05, 3.63) is 90.3 Å². The average Bonchev–Trinajstić information content (AvgIpc) is 3.54. The van der Waals surface area contributed by atoms with Gasteiger partial charge in [0.05, 0.1) is 12.6 Å². The van der Waals surface area contributed by atoms with Crippen molar-refractivity contribution in [3.8, 4) is 11.1 Å². The summed E-state index contributed by atoms with van der Waals surface area (Å²) >= 11 is 0. The van der Waals surface area contributed by atoms with Crippen molar-refractivity contribution in [1.29, 1.82) is 0 Å². The molecule has 2 fully saturated rings. The molecule has 2 aromatic carbocycles. The Balaban J connectivity index is 1.28. The first kappa shape index (κ1) is 25.3. The van der Waals surface area contributed by atoms with E-state index in [1.54, 1.807) is 41.4 Å². The number of carbonyl (C=O) groups excluding carboxylic acids is 4. The molecule has 2 aliphatic rings. The first-order chi connectivity index (χ1) is 18.5. The van der Waals surface area contributed by atoms with Gasteiger partial charge < -0.3 is 15.1 Å². The molecule has 0 aliphatic carbocycles. The van der Waals surface area contributed by atoms with Crippen LogP contribution in [0.2, 0.25) is 0 Å². The molecule has 3 aromatic rings. The van der Waals surface area contributed by atoms with Crippen LogP contribution >= 0.6 is 0 Å². The van der Waals surface area contributed by atoms with E-state index in [0.29, 0.717) is 31.4 Å². The van der Waals surface area contributed by atoms with Crippen molar-refractivity contribution in [2.75, 3.05) is 13.1 Å². The van der Waals surface area contributed by atoms with E-state index in [-0.39, 0.29) is 41.8 Å². The molecule has 2 aliphatic heterocycles. The van der Waals surface area contributed by atoms with Gasteiger partial charge in [0.1, 0.15) is 17.8 Å². The fourth-order valence-corrected chi connectivity index (χ4v) is 5.41. The molecule has 0 radical (unpaired) electrons. The normalized spacial score (nSPS) is 19.2. The molecule has 8 heteroatoms. The zero-order valence-corrected chi connectivity index (χ0v) is 21.2. The van der Waals surface area contributed by atoms with Gasteiger partial charge in [-0.15, -0.1) is 0 Å².